The minimum Gasteiger partial charge on any atom is -0.332 e. The number of H-pyrrole nitrogens is 1. The number of pyridine rings is 1. The van der Waals surface area contributed by atoms with Crippen molar-refractivity contribution in [3.8, 4) is 0 Å². The maximum Gasteiger partial charge on any atom is 0.279 e. The van der Waals surface area contributed by atoms with Crippen molar-refractivity contribution in [1.82, 2.24) is 15.0 Å². The van der Waals surface area contributed by atoms with Crippen LogP contribution in [0, 0.1) is 0 Å². The van der Waals surface area contributed by atoms with Crippen LogP contribution in [-0.2, 0) is 16.4 Å². The zero-order chi connectivity index (χ0) is 14.9. The molecule has 2 aromatic heterocycles. The van der Waals surface area contributed by atoms with Gasteiger partial charge < -0.3 is 4.98 Å². The molecule has 1 aromatic carbocycles. The van der Waals surface area contributed by atoms with Gasteiger partial charge in [-0.05, 0) is 24.3 Å². The Balaban J connectivity index is 2.01. The molecule has 0 atom stereocenters. The number of sulfonamides is 1. The van der Waals surface area contributed by atoms with Crippen molar-refractivity contribution in [2.24, 2.45) is 0 Å². The van der Waals surface area contributed by atoms with E-state index < -0.39 is 10.0 Å². The third-order valence-electron chi connectivity index (χ3n) is 3.12. The number of benzene rings is 1. The Morgan fingerprint density at radius 2 is 2.05 bits per heavy atom. The van der Waals surface area contributed by atoms with Gasteiger partial charge in [-0.3, -0.25) is 9.71 Å². The van der Waals surface area contributed by atoms with Crippen LogP contribution in [0.4, 0.5) is 5.69 Å². The van der Waals surface area contributed by atoms with Crippen LogP contribution in [0.3, 0.4) is 0 Å². The largest absolute Gasteiger partial charge is 0.332 e. The summed E-state index contributed by atoms with van der Waals surface area (Å²) in [7, 11) is -3.69. The molecule has 0 fully saturated rings. The number of aromatic amines is 1. The van der Waals surface area contributed by atoms with Crippen LogP contribution >= 0.6 is 0 Å². The lowest BCUT2D eigenvalue weighted by molar-refractivity contribution is 0.598. The number of aryl methyl sites for hydroxylation is 1. The van der Waals surface area contributed by atoms with Gasteiger partial charge in [0.25, 0.3) is 10.0 Å². The van der Waals surface area contributed by atoms with E-state index in [1.54, 1.807) is 24.4 Å². The fourth-order valence-corrected chi connectivity index (χ4v) is 3.07. The number of anilines is 1. The minimum absolute atomic E-state index is 0.0558. The quantitative estimate of drug-likeness (QED) is 0.774. The van der Waals surface area contributed by atoms with Crippen LogP contribution in [0.5, 0.6) is 0 Å². The van der Waals surface area contributed by atoms with Crippen molar-refractivity contribution in [1.29, 1.82) is 0 Å². The summed E-state index contributed by atoms with van der Waals surface area (Å²) in [6, 6.07) is 8.89. The van der Waals surface area contributed by atoms with Crippen molar-refractivity contribution >= 4 is 26.6 Å². The lowest BCUT2D eigenvalue weighted by Crippen LogP contribution is -2.13. The average Bonchev–Trinajstić information content (AvgIpc) is 2.97. The second kappa shape index (κ2) is 5.17. The lowest BCUT2D eigenvalue weighted by Gasteiger charge is -2.08. The summed E-state index contributed by atoms with van der Waals surface area (Å²) in [4.78, 5) is 11.0. The molecule has 0 saturated heterocycles. The van der Waals surface area contributed by atoms with Crippen molar-refractivity contribution in [3.05, 3.63) is 48.5 Å². The topological polar surface area (TPSA) is 87.7 Å². The number of fused-ring (bicyclic) bond motifs is 1. The van der Waals surface area contributed by atoms with E-state index in [4.69, 9.17) is 0 Å². The molecule has 0 saturated carbocycles. The van der Waals surface area contributed by atoms with Gasteiger partial charge >= 0.3 is 0 Å². The molecule has 7 heteroatoms. The second-order valence-electron chi connectivity index (χ2n) is 4.53. The van der Waals surface area contributed by atoms with Gasteiger partial charge in [0.15, 0.2) is 5.03 Å². The van der Waals surface area contributed by atoms with E-state index in [0.717, 1.165) is 10.9 Å². The fourth-order valence-electron chi connectivity index (χ4n) is 2.05. The van der Waals surface area contributed by atoms with E-state index in [9.17, 15) is 8.42 Å². The number of nitrogens with one attached hydrogen (secondary N) is 2. The summed E-state index contributed by atoms with van der Waals surface area (Å²) in [6.45, 7) is 1.90. The van der Waals surface area contributed by atoms with Crippen molar-refractivity contribution in [2.45, 2.75) is 18.4 Å². The first-order valence-corrected chi connectivity index (χ1v) is 7.99. The summed E-state index contributed by atoms with van der Waals surface area (Å²) >= 11 is 0. The Labute approximate surface area is 122 Å². The van der Waals surface area contributed by atoms with Crippen LogP contribution in [-0.4, -0.2) is 23.4 Å². The molecule has 0 spiro atoms. The molecular weight excluding hydrogens is 288 g/mol. The molecule has 0 bridgehead atoms. The van der Waals surface area contributed by atoms with Gasteiger partial charge in [-0.2, -0.15) is 8.42 Å². The third kappa shape index (κ3) is 2.59. The smallest absolute Gasteiger partial charge is 0.279 e. The SMILES string of the molecule is CCc1ncc(S(=O)(=O)Nc2cccc3ncccc23)[nH]1. The van der Waals surface area contributed by atoms with Crippen LogP contribution in [0.25, 0.3) is 10.9 Å². The molecule has 2 N–H and O–H groups in total. The Kier molecular flexibility index (Phi) is 3.34. The maximum absolute atomic E-state index is 12.4. The molecule has 3 rings (SSSR count). The number of imidazole rings is 1. The maximum atomic E-state index is 12.4. The van der Waals surface area contributed by atoms with E-state index >= 15 is 0 Å². The molecule has 21 heavy (non-hydrogen) atoms. The van der Waals surface area contributed by atoms with Crippen LogP contribution < -0.4 is 4.72 Å². The van der Waals surface area contributed by atoms with Crippen molar-refractivity contribution in [3.63, 3.8) is 0 Å². The van der Waals surface area contributed by atoms with E-state index in [1.165, 1.54) is 6.20 Å². The van der Waals surface area contributed by atoms with Gasteiger partial charge in [-0.25, -0.2) is 4.98 Å². The first kappa shape index (κ1) is 13.6. The molecule has 0 radical (unpaired) electrons. The predicted octanol–water partition coefficient (Wildman–Crippen LogP) is 2.32. The summed E-state index contributed by atoms with van der Waals surface area (Å²) in [6.07, 6.45) is 3.64. The molecule has 0 unspecified atom stereocenters. The van der Waals surface area contributed by atoms with Crippen molar-refractivity contribution < 1.29 is 8.42 Å². The van der Waals surface area contributed by atoms with Gasteiger partial charge in [0.05, 0.1) is 17.4 Å². The molecule has 6 nitrogen and oxygen atoms in total. The standard InChI is InChI=1S/C14H14N4O2S/c1-2-13-16-9-14(17-13)21(19,20)18-12-7-3-6-11-10(12)5-4-8-15-11/h3-9,18H,2H2,1H3,(H,16,17). The predicted molar refractivity (Wildman–Crippen MR) is 80.5 cm³/mol. The van der Waals surface area contributed by atoms with E-state index in [-0.39, 0.29) is 5.03 Å². The zero-order valence-corrected chi connectivity index (χ0v) is 12.2. The average molecular weight is 302 g/mol. The number of hydrogen-bond donors (Lipinski definition) is 2. The van der Waals surface area contributed by atoms with Crippen molar-refractivity contribution in [2.75, 3.05) is 4.72 Å². The minimum atomic E-state index is -3.69. The fraction of sp³-hybridized carbons (Fsp3) is 0.143. The summed E-state index contributed by atoms with van der Waals surface area (Å²) < 4.78 is 27.3. The zero-order valence-electron chi connectivity index (χ0n) is 11.4. The second-order valence-corrected chi connectivity index (χ2v) is 6.18. The van der Waals surface area contributed by atoms with E-state index in [1.807, 2.05) is 19.1 Å². The van der Waals surface area contributed by atoms with Gasteiger partial charge in [-0.1, -0.05) is 13.0 Å². The molecule has 0 aliphatic heterocycles. The Morgan fingerprint density at radius 1 is 1.19 bits per heavy atom. The molecule has 108 valence electrons. The van der Waals surface area contributed by atoms with Gasteiger partial charge in [-0.15, -0.1) is 0 Å². The molecule has 2 heterocycles. The highest BCUT2D eigenvalue weighted by Crippen LogP contribution is 2.23. The van der Waals surface area contributed by atoms with E-state index in [0.29, 0.717) is 17.9 Å². The Bertz CT molecular complexity index is 881. The number of aromatic nitrogens is 3. The summed E-state index contributed by atoms with van der Waals surface area (Å²) in [5, 5.41) is 0.805. The van der Waals surface area contributed by atoms with Gasteiger partial charge in [0, 0.05) is 18.0 Å². The highest BCUT2D eigenvalue weighted by atomic mass is 32.2. The normalized spacial score (nSPS) is 11.7. The van der Waals surface area contributed by atoms with Crippen LogP contribution in [0.1, 0.15) is 12.7 Å². The van der Waals surface area contributed by atoms with Gasteiger partial charge in [0.1, 0.15) is 5.82 Å². The molecule has 0 aliphatic rings. The van der Waals surface area contributed by atoms with Crippen LogP contribution in [0.2, 0.25) is 0 Å². The van der Waals surface area contributed by atoms with E-state index in [2.05, 4.69) is 19.7 Å². The third-order valence-corrected chi connectivity index (χ3v) is 4.39. The first-order valence-electron chi connectivity index (χ1n) is 6.50. The summed E-state index contributed by atoms with van der Waals surface area (Å²) in [5.41, 5.74) is 1.23. The lowest BCUT2D eigenvalue weighted by atomic mass is 10.2. The number of nitrogens with zero attached hydrogens (tertiary/aromatic N) is 2. The monoisotopic (exact) mass is 302 g/mol. The first-order chi connectivity index (χ1) is 10.1. The highest BCUT2D eigenvalue weighted by molar-refractivity contribution is 7.92. The molecule has 3 aromatic rings. The van der Waals surface area contributed by atoms with Crippen LogP contribution in [0.15, 0.2) is 47.8 Å². The van der Waals surface area contributed by atoms with Gasteiger partial charge in [0.2, 0.25) is 0 Å². The Morgan fingerprint density at radius 3 is 2.81 bits per heavy atom. The highest BCUT2D eigenvalue weighted by Gasteiger charge is 2.18. The number of hydrogen-bond acceptors (Lipinski definition) is 4. The molecule has 0 aliphatic carbocycles. The summed E-state index contributed by atoms with van der Waals surface area (Å²) in [5.74, 6) is 0.634. The molecule has 0 amide bonds. The Hall–Kier alpha value is -2.41. The number of rotatable bonds is 4. The molecular formula is C14H14N4O2S.